The highest BCUT2D eigenvalue weighted by Gasteiger charge is 2.03. The van der Waals surface area contributed by atoms with E-state index in [2.05, 4.69) is 5.10 Å². The van der Waals surface area contributed by atoms with Crippen molar-refractivity contribution in [2.45, 2.75) is 0 Å². The van der Waals surface area contributed by atoms with E-state index >= 15 is 0 Å². The van der Waals surface area contributed by atoms with Crippen molar-refractivity contribution in [2.75, 3.05) is 6.61 Å². The molecule has 0 aliphatic carbocycles. The quantitative estimate of drug-likeness (QED) is 0.781. The van der Waals surface area contributed by atoms with Crippen LogP contribution in [0.2, 0.25) is 0 Å². The first-order chi connectivity index (χ1) is 6.75. The summed E-state index contributed by atoms with van der Waals surface area (Å²) in [6, 6.07) is 7.25. The number of aromatic nitrogens is 2. The standard InChI is InChI=1S/C9H8N2O3/c12-9(13)6-14-8-5-7-3-1-2-4-11(7)10-8/h1-5H,6H2,(H,12,13). The first-order valence-electron chi connectivity index (χ1n) is 4.05. The van der Waals surface area contributed by atoms with Gasteiger partial charge in [-0.1, -0.05) is 6.07 Å². The van der Waals surface area contributed by atoms with Crippen molar-refractivity contribution in [3.63, 3.8) is 0 Å². The zero-order valence-electron chi connectivity index (χ0n) is 7.25. The fourth-order valence-electron chi connectivity index (χ4n) is 1.12. The lowest BCUT2D eigenvalue weighted by Crippen LogP contribution is -2.09. The number of rotatable bonds is 3. The van der Waals surface area contributed by atoms with Gasteiger partial charge in [-0.2, -0.15) is 0 Å². The van der Waals surface area contributed by atoms with Crippen molar-refractivity contribution in [3.8, 4) is 5.88 Å². The van der Waals surface area contributed by atoms with Crippen LogP contribution >= 0.6 is 0 Å². The summed E-state index contributed by atoms with van der Waals surface area (Å²) in [5, 5.41) is 12.4. The van der Waals surface area contributed by atoms with Crippen molar-refractivity contribution < 1.29 is 14.6 Å². The van der Waals surface area contributed by atoms with Gasteiger partial charge in [-0.05, 0) is 12.1 Å². The lowest BCUT2D eigenvalue weighted by molar-refractivity contribution is -0.139. The van der Waals surface area contributed by atoms with Crippen molar-refractivity contribution in [3.05, 3.63) is 30.5 Å². The Morgan fingerprint density at radius 2 is 2.43 bits per heavy atom. The summed E-state index contributed by atoms with van der Waals surface area (Å²) >= 11 is 0. The van der Waals surface area contributed by atoms with Gasteiger partial charge in [0.05, 0.1) is 5.52 Å². The number of pyridine rings is 1. The number of carboxylic acid groups (broad SMARTS) is 1. The topological polar surface area (TPSA) is 63.8 Å². The summed E-state index contributed by atoms with van der Waals surface area (Å²) < 4.78 is 6.54. The molecule has 5 heteroatoms. The van der Waals surface area contributed by atoms with Crippen LogP contribution in [-0.2, 0) is 4.79 Å². The molecular weight excluding hydrogens is 184 g/mol. The maximum absolute atomic E-state index is 10.2. The van der Waals surface area contributed by atoms with Gasteiger partial charge in [-0.15, -0.1) is 5.10 Å². The molecule has 72 valence electrons. The molecule has 14 heavy (non-hydrogen) atoms. The Bertz CT molecular complexity index is 431. The molecule has 0 fully saturated rings. The highest BCUT2D eigenvalue weighted by molar-refractivity contribution is 5.68. The molecule has 2 heterocycles. The number of carboxylic acids is 1. The molecule has 0 unspecified atom stereocenters. The highest BCUT2D eigenvalue weighted by atomic mass is 16.5. The Kier molecular flexibility index (Phi) is 2.06. The minimum absolute atomic E-state index is 0.318. The molecule has 1 N–H and O–H groups in total. The fraction of sp³-hybridized carbons (Fsp3) is 0.111. The Hall–Kier alpha value is -2.04. The van der Waals surface area contributed by atoms with E-state index in [4.69, 9.17) is 9.84 Å². The van der Waals surface area contributed by atoms with Crippen LogP contribution in [0.1, 0.15) is 0 Å². The third-order valence-electron chi connectivity index (χ3n) is 1.69. The van der Waals surface area contributed by atoms with E-state index in [1.165, 1.54) is 0 Å². The molecule has 0 aliphatic rings. The third kappa shape index (κ3) is 1.66. The van der Waals surface area contributed by atoms with E-state index in [-0.39, 0.29) is 6.61 Å². The van der Waals surface area contributed by atoms with Gasteiger partial charge in [-0.25, -0.2) is 9.31 Å². The predicted octanol–water partition coefficient (Wildman–Crippen LogP) is 0.798. The second kappa shape index (κ2) is 3.37. The van der Waals surface area contributed by atoms with Gasteiger partial charge in [0.2, 0.25) is 5.88 Å². The first kappa shape index (κ1) is 8.55. The molecule has 0 atom stereocenters. The molecule has 0 radical (unpaired) electrons. The summed E-state index contributed by atoms with van der Waals surface area (Å²) in [6.45, 7) is -0.371. The van der Waals surface area contributed by atoms with Gasteiger partial charge in [0, 0.05) is 12.3 Å². The maximum atomic E-state index is 10.2. The Morgan fingerprint density at radius 3 is 3.14 bits per heavy atom. The van der Waals surface area contributed by atoms with E-state index in [0.29, 0.717) is 5.88 Å². The van der Waals surface area contributed by atoms with Crippen LogP contribution in [0, 0.1) is 0 Å². The molecule has 2 aromatic rings. The molecule has 5 nitrogen and oxygen atoms in total. The largest absolute Gasteiger partial charge is 0.479 e. The van der Waals surface area contributed by atoms with Gasteiger partial charge in [-0.3, -0.25) is 0 Å². The molecule has 0 bridgehead atoms. The number of aliphatic carboxylic acids is 1. The molecular formula is C9H8N2O3. The SMILES string of the molecule is O=C(O)COc1cc2ccccn2n1. The van der Waals surface area contributed by atoms with E-state index < -0.39 is 5.97 Å². The summed E-state index contributed by atoms with van der Waals surface area (Å²) in [7, 11) is 0. The van der Waals surface area contributed by atoms with Crippen molar-refractivity contribution >= 4 is 11.5 Å². The van der Waals surface area contributed by atoms with Crippen LogP contribution in [0.3, 0.4) is 0 Å². The third-order valence-corrected chi connectivity index (χ3v) is 1.69. The molecule has 0 saturated carbocycles. The summed E-state index contributed by atoms with van der Waals surface area (Å²) in [5.41, 5.74) is 0.868. The first-order valence-corrected chi connectivity index (χ1v) is 4.05. The molecule has 2 rings (SSSR count). The van der Waals surface area contributed by atoms with E-state index in [9.17, 15) is 4.79 Å². The lowest BCUT2D eigenvalue weighted by atomic mass is 10.4. The van der Waals surface area contributed by atoms with Gasteiger partial charge < -0.3 is 9.84 Å². The summed E-state index contributed by atoms with van der Waals surface area (Å²) in [4.78, 5) is 10.2. The average Bonchev–Trinajstić information content (AvgIpc) is 2.57. The zero-order valence-corrected chi connectivity index (χ0v) is 7.25. The molecule has 0 aliphatic heterocycles. The minimum Gasteiger partial charge on any atom is -0.479 e. The number of ether oxygens (including phenoxy) is 1. The van der Waals surface area contributed by atoms with Crippen molar-refractivity contribution in [1.29, 1.82) is 0 Å². The normalized spacial score (nSPS) is 10.3. The van der Waals surface area contributed by atoms with E-state index in [1.54, 1.807) is 16.8 Å². The average molecular weight is 192 g/mol. The van der Waals surface area contributed by atoms with Crippen LogP contribution in [0.15, 0.2) is 30.5 Å². The maximum Gasteiger partial charge on any atom is 0.341 e. The Morgan fingerprint density at radius 1 is 1.57 bits per heavy atom. The van der Waals surface area contributed by atoms with Crippen LogP contribution in [-0.4, -0.2) is 27.3 Å². The predicted molar refractivity (Wildman–Crippen MR) is 48.3 cm³/mol. The monoisotopic (exact) mass is 192 g/mol. The van der Waals surface area contributed by atoms with Gasteiger partial charge >= 0.3 is 5.97 Å². The molecule has 0 amide bonds. The molecule has 0 saturated heterocycles. The fourth-order valence-corrected chi connectivity index (χ4v) is 1.12. The smallest absolute Gasteiger partial charge is 0.341 e. The summed E-state index contributed by atoms with van der Waals surface area (Å²) in [5.74, 6) is -0.694. The second-order valence-electron chi connectivity index (χ2n) is 2.74. The van der Waals surface area contributed by atoms with Crippen molar-refractivity contribution in [2.24, 2.45) is 0 Å². The van der Waals surface area contributed by atoms with E-state index in [1.807, 2.05) is 18.2 Å². The van der Waals surface area contributed by atoms with Crippen LogP contribution in [0.5, 0.6) is 5.88 Å². The number of fused-ring (bicyclic) bond motifs is 1. The van der Waals surface area contributed by atoms with Gasteiger partial charge in [0.15, 0.2) is 6.61 Å². The van der Waals surface area contributed by atoms with E-state index in [0.717, 1.165) is 5.52 Å². The lowest BCUT2D eigenvalue weighted by Gasteiger charge is -1.95. The molecule has 2 aromatic heterocycles. The van der Waals surface area contributed by atoms with Crippen LogP contribution in [0.25, 0.3) is 5.52 Å². The Balaban J connectivity index is 2.22. The Labute approximate surface area is 79.5 Å². The number of carbonyl (C=O) groups is 1. The molecule has 0 aromatic carbocycles. The summed E-state index contributed by atoms with van der Waals surface area (Å²) in [6.07, 6.45) is 1.77. The minimum atomic E-state index is -1.01. The van der Waals surface area contributed by atoms with Gasteiger partial charge in [0.1, 0.15) is 0 Å². The van der Waals surface area contributed by atoms with Crippen molar-refractivity contribution in [1.82, 2.24) is 9.61 Å². The second-order valence-corrected chi connectivity index (χ2v) is 2.74. The van der Waals surface area contributed by atoms with Gasteiger partial charge in [0.25, 0.3) is 0 Å². The number of nitrogens with zero attached hydrogens (tertiary/aromatic N) is 2. The molecule has 0 spiro atoms. The number of hydrogen-bond donors (Lipinski definition) is 1. The van der Waals surface area contributed by atoms with Crippen LogP contribution < -0.4 is 4.74 Å². The zero-order chi connectivity index (χ0) is 9.97. The highest BCUT2D eigenvalue weighted by Crippen LogP contribution is 2.11. The van der Waals surface area contributed by atoms with Crippen LogP contribution in [0.4, 0.5) is 0 Å². The number of hydrogen-bond acceptors (Lipinski definition) is 3.